The number of thioether (sulfide) groups is 1. The molecule has 0 spiro atoms. The molecule has 0 heterocycles. The highest BCUT2D eigenvalue weighted by atomic mass is 32.2. The Bertz CT molecular complexity index is 261. The predicted octanol–water partition coefficient (Wildman–Crippen LogP) is 3.03. The van der Waals surface area contributed by atoms with E-state index in [1.54, 1.807) is 0 Å². The number of amides is 1. The number of rotatable bonds is 9. The Balaban J connectivity index is 2.18. The van der Waals surface area contributed by atoms with Crippen LogP contribution in [-0.4, -0.2) is 41.4 Å². The highest BCUT2D eigenvalue weighted by Gasteiger charge is 2.29. The van der Waals surface area contributed by atoms with Gasteiger partial charge < -0.3 is 10.6 Å². The first-order chi connectivity index (χ1) is 9.19. The van der Waals surface area contributed by atoms with Gasteiger partial charge in [-0.15, -0.1) is 0 Å². The number of carbonyl (C=O) groups is 1. The van der Waals surface area contributed by atoms with E-state index in [4.69, 9.17) is 5.73 Å². The summed E-state index contributed by atoms with van der Waals surface area (Å²) in [5.41, 5.74) is 5.46. The van der Waals surface area contributed by atoms with Crippen LogP contribution in [0.25, 0.3) is 0 Å². The summed E-state index contributed by atoms with van der Waals surface area (Å²) in [5, 5.41) is 0.773. The van der Waals surface area contributed by atoms with Crippen LogP contribution in [0.4, 0.5) is 0 Å². The molecule has 2 unspecified atom stereocenters. The second kappa shape index (κ2) is 9.65. The van der Waals surface area contributed by atoms with Gasteiger partial charge in [-0.3, -0.25) is 4.79 Å². The summed E-state index contributed by atoms with van der Waals surface area (Å²) < 4.78 is 0. The first-order valence-corrected chi connectivity index (χ1v) is 8.81. The van der Waals surface area contributed by atoms with Crippen LogP contribution in [0, 0.1) is 0 Å². The third kappa shape index (κ3) is 6.17. The molecule has 1 amide bonds. The van der Waals surface area contributed by atoms with E-state index in [0.29, 0.717) is 18.4 Å². The lowest BCUT2D eigenvalue weighted by molar-refractivity contribution is -0.132. The maximum atomic E-state index is 12.1. The summed E-state index contributed by atoms with van der Waals surface area (Å²) in [7, 11) is 1.99. The molecular weight excluding hydrogens is 256 g/mol. The van der Waals surface area contributed by atoms with Crippen molar-refractivity contribution in [1.29, 1.82) is 0 Å². The van der Waals surface area contributed by atoms with Gasteiger partial charge in [0.15, 0.2) is 0 Å². The highest BCUT2D eigenvalue weighted by molar-refractivity contribution is 7.99. The van der Waals surface area contributed by atoms with E-state index in [1.165, 1.54) is 25.0 Å². The van der Waals surface area contributed by atoms with Crippen LogP contribution < -0.4 is 5.73 Å². The fourth-order valence-electron chi connectivity index (χ4n) is 2.81. The van der Waals surface area contributed by atoms with Gasteiger partial charge in [-0.05, 0) is 44.4 Å². The van der Waals surface area contributed by atoms with Gasteiger partial charge in [0.05, 0.1) is 0 Å². The summed E-state index contributed by atoms with van der Waals surface area (Å²) in [5.74, 6) is 1.52. The van der Waals surface area contributed by atoms with E-state index in [2.05, 4.69) is 6.92 Å². The Kier molecular flexibility index (Phi) is 8.55. The molecule has 0 radical (unpaired) electrons. The van der Waals surface area contributed by atoms with Crippen LogP contribution in [0.15, 0.2) is 0 Å². The van der Waals surface area contributed by atoms with Crippen molar-refractivity contribution in [1.82, 2.24) is 4.90 Å². The molecule has 0 aliphatic heterocycles. The maximum Gasteiger partial charge on any atom is 0.222 e. The highest BCUT2D eigenvalue weighted by Crippen LogP contribution is 2.32. The molecule has 1 aliphatic carbocycles. The quantitative estimate of drug-likeness (QED) is 0.663. The molecule has 0 aromatic heterocycles. The largest absolute Gasteiger partial charge is 0.343 e. The van der Waals surface area contributed by atoms with E-state index < -0.39 is 0 Å². The molecule has 1 aliphatic rings. The number of hydrogen-bond acceptors (Lipinski definition) is 3. The lowest BCUT2D eigenvalue weighted by Crippen LogP contribution is -2.35. The van der Waals surface area contributed by atoms with E-state index in [1.807, 2.05) is 23.7 Å². The van der Waals surface area contributed by atoms with Crippen molar-refractivity contribution >= 4 is 17.7 Å². The van der Waals surface area contributed by atoms with Crippen molar-refractivity contribution in [3.8, 4) is 0 Å². The second-order valence-electron chi connectivity index (χ2n) is 5.50. The van der Waals surface area contributed by atoms with E-state index in [-0.39, 0.29) is 0 Å². The summed E-state index contributed by atoms with van der Waals surface area (Å²) in [6.07, 6.45) is 8.76. The third-order valence-corrected chi connectivity index (χ3v) is 5.28. The topological polar surface area (TPSA) is 46.3 Å². The zero-order valence-electron chi connectivity index (χ0n) is 12.6. The molecule has 0 bridgehead atoms. The smallest absolute Gasteiger partial charge is 0.222 e. The minimum atomic E-state index is 0.333. The Labute approximate surface area is 122 Å². The molecule has 112 valence electrons. The second-order valence-corrected chi connectivity index (χ2v) is 7.08. The molecule has 3 nitrogen and oxygen atoms in total. The zero-order valence-corrected chi connectivity index (χ0v) is 13.4. The predicted molar refractivity (Wildman–Crippen MR) is 84.5 cm³/mol. The van der Waals surface area contributed by atoms with Crippen LogP contribution in [0.3, 0.4) is 0 Å². The molecule has 1 rings (SSSR count). The molecule has 0 aromatic carbocycles. The summed E-state index contributed by atoms with van der Waals surface area (Å²) in [6, 6.07) is 0.487. The van der Waals surface area contributed by atoms with Crippen molar-refractivity contribution in [2.75, 3.05) is 19.3 Å². The van der Waals surface area contributed by atoms with E-state index in [9.17, 15) is 4.79 Å². The van der Waals surface area contributed by atoms with Gasteiger partial charge in [-0.2, -0.15) is 11.8 Å². The Morgan fingerprint density at radius 1 is 1.26 bits per heavy atom. The van der Waals surface area contributed by atoms with Gasteiger partial charge in [0, 0.05) is 24.8 Å². The molecule has 1 fully saturated rings. The first-order valence-electron chi connectivity index (χ1n) is 7.76. The van der Waals surface area contributed by atoms with Crippen molar-refractivity contribution in [3.05, 3.63) is 0 Å². The number of nitrogens with two attached hydrogens (primary N) is 1. The number of nitrogens with zero attached hydrogens (tertiary/aromatic N) is 1. The van der Waals surface area contributed by atoms with Crippen molar-refractivity contribution in [2.24, 2.45) is 5.73 Å². The van der Waals surface area contributed by atoms with Gasteiger partial charge in [0.1, 0.15) is 0 Å². The minimum absolute atomic E-state index is 0.333. The molecular formula is C15H30N2OS. The van der Waals surface area contributed by atoms with E-state index in [0.717, 1.165) is 37.5 Å². The number of unbranched alkanes of at least 4 members (excludes halogenated alkanes) is 3. The average molecular weight is 286 g/mol. The molecule has 1 saturated carbocycles. The molecule has 4 heteroatoms. The van der Waals surface area contributed by atoms with Crippen molar-refractivity contribution in [2.45, 2.75) is 69.6 Å². The molecule has 19 heavy (non-hydrogen) atoms. The normalized spacial score (nSPS) is 22.7. The number of carbonyl (C=O) groups excluding carboxylic acids is 1. The van der Waals surface area contributed by atoms with Crippen LogP contribution >= 0.6 is 11.8 Å². The van der Waals surface area contributed by atoms with Crippen molar-refractivity contribution in [3.63, 3.8) is 0 Å². The van der Waals surface area contributed by atoms with E-state index >= 15 is 0 Å². The monoisotopic (exact) mass is 286 g/mol. The maximum absolute atomic E-state index is 12.1. The number of hydrogen-bond donors (Lipinski definition) is 1. The van der Waals surface area contributed by atoms with Gasteiger partial charge >= 0.3 is 0 Å². The van der Waals surface area contributed by atoms with Crippen LogP contribution in [0.2, 0.25) is 0 Å². The summed E-state index contributed by atoms with van der Waals surface area (Å²) in [4.78, 5) is 14.1. The third-order valence-electron chi connectivity index (χ3n) is 4.05. The minimum Gasteiger partial charge on any atom is -0.343 e. The van der Waals surface area contributed by atoms with Gasteiger partial charge in [-0.25, -0.2) is 0 Å². The molecule has 0 aromatic rings. The Morgan fingerprint density at radius 2 is 2.00 bits per heavy atom. The van der Waals surface area contributed by atoms with Gasteiger partial charge in [-0.1, -0.05) is 19.8 Å². The molecule has 0 saturated heterocycles. The summed E-state index contributed by atoms with van der Waals surface area (Å²) in [6.45, 7) is 2.99. The van der Waals surface area contributed by atoms with Crippen LogP contribution in [0.1, 0.15) is 58.3 Å². The fourth-order valence-corrected chi connectivity index (χ4v) is 3.94. The standard InChI is InChI=1S/C15H30N2OS/c1-3-19-14-10-9-13(12-14)17(2)15(18)8-6-4-5-7-11-16/h13-14H,3-12,16H2,1-2H3. The van der Waals surface area contributed by atoms with Crippen LogP contribution in [0.5, 0.6) is 0 Å². The fraction of sp³-hybridized carbons (Fsp3) is 0.933. The van der Waals surface area contributed by atoms with Crippen LogP contribution in [-0.2, 0) is 4.79 Å². The Hall–Kier alpha value is -0.220. The lowest BCUT2D eigenvalue weighted by Gasteiger charge is -2.24. The summed E-state index contributed by atoms with van der Waals surface area (Å²) >= 11 is 2.05. The average Bonchev–Trinajstić information content (AvgIpc) is 2.86. The first kappa shape index (κ1) is 16.8. The Morgan fingerprint density at radius 3 is 2.68 bits per heavy atom. The van der Waals surface area contributed by atoms with Gasteiger partial charge in [0.25, 0.3) is 0 Å². The lowest BCUT2D eigenvalue weighted by atomic mass is 10.1. The zero-order chi connectivity index (χ0) is 14.1. The van der Waals surface area contributed by atoms with Gasteiger partial charge in [0.2, 0.25) is 5.91 Å². The molecule has 2 atom stereocenters. The molecule has 2 N–H and O–H groups in total. The SMILES string of the molecule is CCSC1CCC(N(C)C(=O)CCCCCCN)C1. The van der Waals surface area contributed by atoms with Crippen molar-refractivity contribution < 1.29 is 4.79 Å².